The number of aryl methyl sites for hydroxylation is 1. The van der Waals surface area contributed by atoms with Crippen LogP contribution in [0.5, 0.6) is 0 Å². The maximum atomic E-state index is 14.1. The van der Waals surface area contributed by atoms with E-state index in [2.05, 4.69) is 30.5 Å². The minimum atomic E-state index is -4.55. The van der Waals surface area contributed by atoms with Gasteiger partial charge in [-0.2, -0.15) is 18.3 Å². The first-order valence-electron chi connectivity index (χ1n) is 12.0. The zero-order valence-corrected chi connectivity index (χ0v) is 21.9. The minimum Gasteiger partial charge on any atom is -0.363 e. The van der Waals surface area contributed by atoms with Gasteiger partial charge in [0.05, 0.1) is 11.6 Å². The van der Waals surface area contributed by atoms with Gasteiger partial charge in [-0.3, -0.25) is 0 Å². The topological polar surface area (TPSA) is 85.8 Å². The van der Waals surface area contributed by atoms with Crippen molar-refractivity contribution in [3.8, 4) is 11.5 Å². The van der Waals surface area contributed by atoms with Crippen LogP contribution in [0.2, 0.25) is 5.02 Å². The second-order valence-electron chi connectivity index (χ2n) is 9.47. The molecule has 0 bridgehead atoms. The molecule has 1 aliphatic rings. The molecule has 204 valence electrons. The van der Waals surface area contributed by atoms with Crippen LogP contribution in [0.4, 0.5) is 27.8 Å². The lowest BCUT2D eigenvalue weighted by Gasteiger charge is -2.33. The molecule has 0 fully saturated rings. The number of fused-ring (bicyclic) bond motifs is 6. The summed E-state index contributed by atoms with van der Waals surface area (Å²) in [5, 5.41) is 12.9. The summed E-state index contributed by atoms with van der Waals surface area (Å²) in [6.45, 7) is 1.71. The standard InChI is InChI=1S/C25H16ClF5N8S/c1-10-6-14(21(27)28)34-24-18(10)19-20(40-24)23-35-22(37-38(23)9-32-19)15-8-17-33-13(11-2-4-12(26)5-3-11)7-16(25(29,30)31)39(17)36-15/h2-6,8-9,13,16,21,33H,7H2,1H3. The van der Waals surface area contributed by atoms with Crippen LogP contribution in [-0.2, 0) is 0 Å². The summed E-state index contributed by atoms with van der Waals surface area (Å²) in [4.78, 5) is 13.5. The van der Waals surface area contributed by atoms with Crippen LogP contribution in [0.25, 0.3) is 37.6 Å². The highest BCUT2D eigenvalue weighted by Gasteiger charge is 2.46. The molecule has 6 aromatic rings. The molecule has 15 heteroatoms. The van der Waals surface area contributed by atoms with Gasteiger partial charge in [0.1, 0.15) is 33.1 Å². The van der Waals surface area contributed by atoms with Gasteiger partial charge in [-0.25, -0.2) is 32.9 Å². The van der Waals surface area contributed by atoms with Crippen LogP contribution < -0.4 is 5.32 Å². The number of pyridine rings is 1. The molecule has 1 aromatic carbocycles. The Balaban J connectivity index is 1.33. The van der Waals surface area contributed by atoms with Crippen molar-refractivity contribution in [3.63, 3.8) is 0 Å². The number of alkyl halides is 5. The average Bonchev–Trinajstić information content (AvgIpc) is 3.61. The van der Waals surface area contributed by atoms with Crippen LogP contribution in [-0.4, -0.2) is 40.5 Å². The Bertz CT molecular complexity index is 1930. The summed E-state index contributed by atoms with van der Waals surface area (Å²) in [5.41, 5.74) is 1.97. The Kier molecular flexibility index (Phi) is 5.52. The number of rotatable bonds is 3. The third-order valence-electron chi connectivity index (χ3n) is 6.90. The van der Waals surface area contributed by atoms with E-state index in [-0.39, 0.29) is 29.5 Å². The maximum absolute atomic E-state index is 14.1. The van der Waals surface area contributed by atoms with E-state index in [1.807, 2.05) is 0 Å². The molecule has 40 heavy (non-hydrogen) atoms. The van der Waals surface area contributed by atoms with E-state index in [0.29, 0.717) is 42.2 Å². The van der Waals surface area contributed by atoms with Gasteiger partial charge in [0.25, 0.3) is 6.43 Å². The summed E-state index contributed by atoms with van der Waals surface area (Å²) in [5.74, 6) is 0.268. The SMILES string of the molecule is Cc1cc(C(F)F)nc2sc3c(ncn4nc(-c5cc6n(n5)C(C(F)(F)F)CC(c5ccc(Cl)cc5)N6)nc34)c12. The number of anilines is 1. The fourth-order valence-electron chi connectivity index (χ4n) is 5.05. The minimum absolute atomic E-state index is 0.0948. The van der Waals surface area contributed by atoms with Gasteiger partial charge in [-0.05, 0) is 36.2 Å². The van der Waals surface area contributed by atoms with Crippen molar-refractivity contribution in [3.05, 3.63) is 64.6 Å². The summed E-state index contributed by atoms with van der Waals surface area (Å²) in [6.07, 6.45) is -6.12. The van der Waals surface area contributed by atoms with Crippen molar-refractivity contribution in [2.75, 3.05) is 5.32 Å². The molecule has 2 unspecified atom stereocenters. The molecule has 0 amide bonds. The molecule has 0 spiro atoms. The highest BCUT2D eigenvalue weighted by molar-refractivity contribution is 7.26. The molecule has 1 N–H and O–H groups in total. The number of hydrogen-bond acceptors (Lipinski definition) is 7. The fourth-order valence-corrected chi connectivity index (χ4v) is 6.36. The molecular formula is C25H16ClF5N8S. The molecule has 6 heterocycles. The van der Waals surface area contributed by atoms with Crippen LogP contribution in [0, 0.1) is 6.92 Å². The molecule has 8 nitrogen and oxygen atoms in total. The van der Waals surface area contributed by atoms with E-state index >= 15 is 0 Å². The second-order valence-corrected chi connectivity index (χ2v) is 10.9. The number of thiophene rings is 1. The van der Waals surface area contributed by atoms with Crippen molar-refractivity contribution in [1.82, 2.24) is 34.3 Å². The molecule has 0 saturated carbocycles. The van der Waals surface area contributed by atoms with Crippen molar-refractivity contribution in [2.45, 2.75) is 38.0 Å². The zero-order valence-electron chi connectivity index (χ0n) is 20.3. The maximum Gasteiger partial charge on any atom is 0.410 e. The number of halogens is 6. The molecule has 0 saturated heterocycles. The molecule has 7 rings (SSSR count). The molecular weight excluding hydrogens is 575 g/mol. The first kappa shape index (κ1) is 25.1. The van der Waals surface area contributed by atoms with Crippen molar-refractivity contribution >= 4 is 54.8 Å². The number of benzene rings is 1. The molecule has 0 radical (unpaired) electrons. The lowest BCUT2D eigenvalue weighted by atomic mass is 9.97. The van der Waals surface area contributed by atoms with Gasteiger partial charge in [-0.1, -0.05) is 23.7 Å². The Morgan fingerprint density at radius 3 is 2.60 bits per heavy atom. The predicted octanol–water partition coefficient (Wildman–Crippen LogP) is 7.31. The molecule has 2 atom stereocenters. The van der Waals surface area contributed by atoms with Gasteiger partial charge in [0, 0.05) is 22.9 Å². The van der Waals surface area contributed by atoms with Crippen LogP contribution in [0.15, 0.2) is 42.7 Å². The first-order chi connectivity index (χ1) is 19.1. The van der Waals surface area contributed by atoms with Gasteiger partial charge in [0.15, 0.2) is 11.7 Å². The predicted molar refractivity (Wildman–Crippen MR) is 140 cm³/mol. The lowest BCUT2D eigenvalue weighted by Crippen LogP contribution is -2.35. The molecule has 1 aliphatic heterocycles. The normalized spacial score (nSPS) is 17.7. The quantitative estimate of drug-likeness (QED) is 0.218. The van der Waals surface area contributed by atoms with Gasteiger partial charge in [-0.15, -0.1) is 16.4 Å². The molecule has 5 aromatic heterocycles. The zero-order chi connectivity index (χ0) is 27.9. The van der Waals surface area contributed by atoms with Crippen LogP contribution in [0.3, 0.4) is 0 Å². The van der Waals surface area contributed by atoms with Crippen molar-refractivity contribution in [2.24, 2.45) is 0 Å². The van der Waals surface area contributed by atoms with Gasteiger partial charge >= 0.3 is 6.18 Å². The Morgan fingerprint density at radius 2 is 1.88 bits per heavy atom. The van der Waals surface area contributed by atoms with E-state index in [0.717, 1.165) is 16.0 Å². The van der Waals surface area contributed by atoms with E-state index in [1.165, 1.54) is 23.0 Å². The monoisotopic (exact) mass is 590 g/mol. The van der Waals surface area contributed by atoms with Gasteiger partial charge < -0.3 is 5.32 Å². The number of nitrogens with zero attached hydrogens (tertiary/aromatic N) is 7. The Morgan fingerprint density at radius 1 is 1.10 bits per heavy atom. The second kappa shape index (κ2) is 8.80. The highest BCUT2D eigenvalue weighted by atomic mass is 35.5. The van der Waals surface area contributed by atoms with E-state index in [9.17, 15) is 22.0 Å². The summed E-state index contributed by atoms with van der Waals surface area (Å²) >= 11 is 7.11. The van der Waals surface area contributed by atoms with Crippen molar-refractivity contribution < 1.29 is 22.0 Å². The summed E-state index contributed by atoms with van der Waals surface area (Å²) in [6, 6.07) is 6.96. The largest absolute Gasteiger partial charge is 0.410 e. The lowest BCUT2D eigenvalue weighted by molar-refractivity contribution is -0.173. The average molecular weight is 591 g/mol. The third kappa shape index (κ3) is 3.96. The molecule has 0 aliphatic carbocycles. The van der Waals surface area contributed by atoms with E-state index < -0.39 is 24.7 Å². The van der Waals surface area contributed by atoms with Crippen LogP contribution >= 0.6 is 22.9 Å². The van der Waals surface area contributed by atoms with Crippen molar-refractivity contribution in [1.29, 1.82) is 0 Å². The summed E-state index contributed by atoms with van der Waals surface area (Å²) in [7, 11) is 0. The number of hydrogen-bond donors (Lipinski definition) is 1. The van der Waals surface area contributed by atoms with E-state index in [4.69, 9.17) is 11.6 Å². The Hall–Kier alpha value is -3.91. The number of nitrogens with one attached hydrogen (secondary N) is 1. The third-order valence-corrected chi connectivity index (χ3v) is 8.22. The fraction of sp³-hybridized carbons (Fsp3) is 0.240. The van der Waals surface area contributed by atoms with E-state index in [1.54, 1.807) is 31.2 Å². The first-order valence-corrected chi connectivity index (χ1v) is 13.2. The summed E-state index contributed by atoms with van der Waals surface area (Å²) < 4.78 is 71.9. The van der Waals surface area contributed by atoms with Crippen LogP contribution in [0.1, 0.15) is 41.8 Å². The Labute approximate surface area is 230 Å². The smallest absolute Gasteiger partial charge is 0.363 e. The highest BCUT2D eigenvalue weighted by Crippen LogP contribution is 2.44. The van der Waals surface area contributed by atoms with Gasteiger partial charge in [0.2, 0.25) is 5.82 Å². The number of aromatic nitrogens is 7.